The Morgan fingerprint density at radius 1 is 1.26 bits per heavy atom. The smallest absolute Gasteiger partial charge is 0.257 e. The predicted octanol–water partition coefficient (Wildman–Crippen LogP) is 2.64. The zero-order valence-electron chi connectivity index (χ0n) is 15.7. The number of amides is 2. The summed E-state index contributed by atoms with van der Waals surface area (Å²) in [4.78, 5) is 27.4. The number of aromatic amines is 1. The fourth-order valence-electron chi connectivity index (χ4n) is 4.41. The molecule has 0 saturated carbocycles. The lowest BCUT2D eigenvalue weighted by Gasteiger charge is -2.39. The summed E-state index contributed by atoms with van der Waals surface area (Å²) in [5.74, 6) is 0.0745. The summed E-state index contributed by atoms with van der Waals surface area (Å²) in [6.07, 6.45) is 5.85. The number of H-pyrrole nitrogens is 1. The SMILES string of the molecule is CCCc1[nH]ncc1C(=O)N1CCC2(CC1)C[C@H](c1ccccc1)C(=O)N2. The molecule has 6 heteroatoms. The Hall–Kier alpha value is -2.63. The first-order valence-electron chi connectivity index (χ1n) is 9.80. The molecule has 0 unspecified atom stereocenters. The molecule has 1 spiro atoms. The maximum Gasteiger partial charge on any atom is 0.257 e. The van der Waals surface area contributed by atoms with Gasteiger partial charge in [0.15, 0.2) is 0 Å². The van der Waals surface area contributed by atoms with E-state index in [1.165, 1.54) is 0 Å². The molecular formula is C21H26N4O2. The van der Waals surface area contributed by atoms with E-state index in [2.05, 4.69) is 22.4 Å². The highest BCUT2D eigenvalue weighted by Crippen LogP contribution is 2.39. The number of hydrogen-bond acceptors (Lipinski definition) is 3. The lowest BCUT2D eigenvalue weighted by Crippen LogP contribution is -2.52. The minimum absolute atomic E-state index is 0.0472. The minimum atomic E-state index is -0.184. The van der Waals surface area contributed by atoms with Crippen LogP contribution in [-0.2, 0) is 11.2 Å². The minimum Gasteiger partial charge on any atom is -0.350 e. The molecule has 1 aromatic carbocycles. The monoisotopic (exact) mass is 366 g/mol. The molecule has 0 aliphatic carbocycles. The van der Waals surface area contributed by atoms with Crippen molar-refractivity contribution in [2.45, 2.75) is 50.5 Å². The zero-order valence-corrected chi connectivity index (χ0v) is 15.7. The van der Waals surface area contributed by atoms with E-state index in [0.717, 1.165) is 43.4 Å². The molecule has 142 valence electrons. The normalized spacial score (nSPS) is 21.4. The van der Waals surface area contributed by atoms with Crippen molar-refractivity contribution in [3.05, 3.63) is 53.3 Å². The van der Waals surface area contributed by atoms with E-state index >= 15 is 0 Å². The third-order valence-electron chi connectivity index (χ3n) is 5.96. The van der Waals surface area contributed by atoms with Crippen LogP contribution >= 0.6 is 0 Å². The Balaban J connectivity index is 1.42. The van der Waals surface area contributed by atoms with E-state index < -0.39 is 0 Å². The molecule has 27 heavy (non-hydrogen) atoms. The molecule has 0 bridgehead atoms. The number of rotatable bonds is 4. The van der Waals surface area contributed by atoms with Gasteiger partial charge in [-0.2, -0.15) is 5.10 Å². The molecule has 3 heterocycles. The molecule has 1 aromatic heterocycles. The average Bonchev–Trinajstić information content (AvgIpc) is 3.27. The Labute approximate surface area is 159 Å². The van der Waals surface area contributed by atoms with Crippen LogP contribution in [0.1, 0.15) is 60.1 Å². The maximum atomic E-state index is 12.9. The summed E-state index contributed by atoms with van der Waals surface area (Å²) in [6, 6.07) is 9.98. The molecule has 2 N–H and O–H groups in total. The Kier molecular flexibility index (Phi) is 4.72. The van der Waals surface area contributed by atoms with Crippen LogP contribution in [0.3, 0.4) is 0 Å². The quantitative estimate of drug-likeness (QED) is 0.873. The third-order valence-corrected chi connectivity index (χ3v) is 5.96. The van der Waals surface area contributed by atoms with Crippen LogP contribution in [0.25, 0.3) is 0 Å². The van der Waals surface area contributed by atoms with Crippen molar-refractivity contribution in [1.29, 1.82) is 0 Å². The zero-order chi connectivity index (χ0) is 18.9. The number of aryl methyl sites for hydroxylation is 1. The number of carbonyl (C=O) groups is 2. The van der Waals surface area contributed by atoms with Crippen LogP contribution in [0, 0.1) is 0 Å². The fraction of sp³-hybridized carbons (Fsp3) is 0.476. The van der Waals surface area contributed by atoms with Gasteiger partial charge in [-0.15, -0.1) is 0 Å². The fourth-order valence-corrected chi connectivity index (χ4v) is 4.41. The lowest BCUT2D eigenvalue weighted by atomic mass is 9.82. The van der Waals surface area contributed by atoms with Gasteiger partial charge in [-0.1, -0.05) is 43.7 Å². The summed E-state index contributed by atoms with van der Waals surface area (Å²) in [5, 5.41) is 10.3. The van der Waals surface area contributed by atoms with Crippen LogP contribution in [-0.4, -0.2) is 45.5 Å². The second-order valence-corrected chi connectivity index (χ2v) is 7.74. The summed E-state index contributed by atoms with van der Waals surface area (Å²) in [5.41, 5.74) is 2.50. The third kappa shape index (κ3) is 3.36. The Bertz CT molecular complexity index is 822. The van der Waals surface area contributed by atoms with E-state index in [1.54, 1.807) is 6.20 Å². The Morgan fingerprint density at radius 2 is 2.00 bits per heavy atom. The molecule has 2 amide bonds. The molecule has 1 atom stereocenters. The highest BCUT2D eigenvalue weighted by molar-refractivity contribution is 5.95. The van der Waals surface area contributed by atoms with Gasteiger partial charge in [-0.3, -0.25) is 14.7 Å². The van der Waals surface area contributed by atoms with Crippen LogP contribution in [0.2, 0.25) is 0 Å². The average molecular weight is 366 g/mol. The first-order valence-corrected chi connectivity index (χ1v) is 9.80. The van der Waals surface area contributed by atoms with Gasteiger partial charge < -0.3 is 10.2 Å². The van der Waals surface area contributed by atoms with Crippen molar-refractivity contribution in [3.63, 3.8) is 0 Å². The number of likely N-dealkylation sites (tertiary alicyclic amines) is 1. The number of carbonyl (C=O) groups excluding carboxylic acids is 2. The van der Waals surface area contributed by atoms with Gasteiger partial charge in [0.1, 0.15) is 0 Å². The van der Waals surface area contributed by atoms with Gasteiger partial charge in [0, 0.05) is 24.3 Å². The maximum absolute atomic E-state index is 12.9. The number of aromatic nitrogens is 2. The van der Waals surface area contributed by atoms with Crippen molar-refractivity contribution < 1.29 is 9.59 Å². The summed E-state index contributed by atoms with van der Waals surface area (Å²) in [7, 11) is 0. The standard InChI is InChI=1S/C21H26N4O2/c1-2-6-18-17(14-22-24-18)20(27)25-11-9-21(10-12-25)13-16(19(26)23-21)15-7-4-3-5-8-15/h3-5,7-8,14,16H,2,6,9-13H2,1H3,(H,22,24)(H,23,26)/t16-/m1/s1. The van der Waals surface area contributed by atoms with E-state index in [1.807, 2.05) is 35.2 Å². The van der Waals surface area contributed by atoms with Gasteiger partial charge in [0.2, 0.25) is 5.91 Å². The number of piperidine rings is 1. The molecule has 4 rings (SSSR count). The van der Waals surface area contributed by atoms with E-state index in [-0.39, 0.29) is 23.3 Å². The van der Waals surface area contributed by atoms with Gasteiger partial charge >= 0.3 is 0 Å². The molecule has 2 saturated heterocycles. The van der Waals surface area contributed by atoms with Gasteiger partial charge in [0.25, 0.3) is 5.91 Å². The van der Waals surface area contributed by atoms with E-state index in [9.17, 15) is 9.59 Å². The van der Waals surface area contributed by atoms with Crippen LogP contribution in [0.15, 0.2) is 36.5 Å². The molecule has 6 nitrogen and oxygen atoms in total. The van der Waals surface area contributed by atoms with Crippen LogP contribution < -0.4 is 5.32 Å². The van der Waals surface area contributed by atoms with Crippen molar-refractivity contribution in [3.8, 4) is 0 Å². The Morgan fingerprint density at radius 3 is 2.70 bits per heavy atom. The highest BCUT2D eigenvalue weighted by Gasteiger charge is 2.46. The largest absolute Gasteiger partial charge is 0.350 e. The van der Waals surface area contributed by atoms with E-state index in [4.69, 9.17) is 0 Å². The number of hydrogen-bond donors (Lipinski definition) is 2. The summed E-state index contributed by atoms with van der Waals surface area (Å²) < 4.78 is 0. The predicted molar refractivity (Wildman–Crippen MR) is 102 cm³/mol. The molecule has 2 aliphatic heterocycles. The lowest BCUT2D eigenvalue weighted by molar-refractivity contribution is -0.121. The molecular weight excluding hydrogens is 340 g/mol. The second kappa shape index (κ2) is 7.18. The molecule has 0 radical (unpaired) electrons. The van der Waals surface area contributed by atoms with Crippen LogP contribution in [0.4, 0.5) is 0 Å². The first-order chi connectivity index (χ1) is 13.1. The number of nitrogens with one attached hydrogen (secondary N) is 2. The van der Waals surface area contributed by atoms with Crippen molar-refractivity contribution in [1.82, 2.24) is 20.4 Å². The van der Waals surface area contributed by atoms with Gasteiger partial charge in [-0.05, 0) is 31.2 Å². The summed E-state index contributed by atoms with van der Waals surface area (Å²) in [6.45, 7) is 3.42. The van der Waals surface area contributed by atoms with Crippen molar-refractivity contribution in [2.24, 2.45) is 0 Å². The number of benzene rings is 1. The number of nitrogens with zero attached hydrogens (tertiary/aromatic N) is 2. The van der Waals surface area contributed by atoms with Gasteiger partial charge in [0.05, 0.1) is 17.7 Å². The van der Waals surface area contributed by atoms with Crippen LogP contribution in [0.5, 0.6) is 0 Å². The molecule has 2 aliphatic rings. The van der Waals surface area contributed by atoms with E-state index in [0.29, 0.717) is 18.7 Å². The molecule has 2 aromatic rings. The van der Waals surface area contributed by atoms with Crippen molar-refractivity contribution in [2.75, 3.05) is 13.1 Å². The molecule has 2 fully saturated rings. The highest BCUT2D eigenvalue weighted by atomic mass is 16.2. The van der Waals surface area contributed by atoms with Gasteiger partial charge in [-0.25, -0.2) is 0 Å². The topological polar surface area (TPSA) is 78.1 Å². The van der Waals surface area contributed by atoms with Crippen molar-refractivity contribution >= 4 is 11.8 Å². The second-order valence-electron chi connectivity index (χ2n) is 7.74. The summed E-state index contributed by atoms with van der Waals surface area (Å²) >= 11 is 0. The first kappa shape index (κ1) is 17.8.